The fourth-order valence-electron chi connectivity index (χ4n) is 12.1. The number of piperidine rings is 2. The quantitative estimate of drug-likeness (QED) is 0.0487. The van der Waals surface area contributed by atoms with E-state index in [1.165, 1.54) is 37.0 Å². The number of aromatic carboxylic acids is 1. The van der Waals surface area contributed by atoms with Gasteiger partial charge in [0.25, 0.3) is 5.91 Å². The maximum Gasteiger partial charge on any atom is 0.355 e. The topological polar surface area (TPSA) is 196 Å². The first-order chi connectivity index (χ1) is 36.4. The van der Waals surface area contributed by atoms with Gasteiger partial charge in [-0.05, 0) is 147 Å². The summed E-state index contributed by atoms with van der Waals surface area (Å²) in [5.74, 6) is -0.825. The lowest BCUT2D eigenvalue weighted by Crippen LogP contribution is -2.51. The SMILES string of the molecule is CNc1cc(N2CCN(CCN3CCC4(CC3)CC(COc3cccc(-c5ccc(N6CCc7cccc(C(=O)Nc8nc9ccccc9s8)c7C6)nc5C(=O)O)c3C)C4)CC2)ccc1C(=N)C1CCC(=O)NC1=O. The van der Waals surface area contributed by atoms with Gasteiger partial charge in [-0.25, -0.2) is 14.8 Å². The van der Waals surface area contributed by atoms with Crippen LogP contribution in [0.3, 0.4) is 0 Å². The number of carboxylic acids is 1. The number of nitrogens with one attached hydrogen (secondary N) is 4. The molecular formula is C58H64N10O6S. The highest BCUT2D eigenvalue weighted by molar-refractivity contribution is 7.22. The van der Waals surface area contributed by atoms with E-state index in [0.29, 0.717) is 71.5 Å². The highest BCUT2D eigenvalue weighted by Gasteiger charge is 2.46. The van der Waals surface area contributed by atoms with Crippen LogP contribution >= 0.6 is 11.3 Å². The molecule has 1 spiro atoms. The predicted octanol–water partition coefficient (Wildman–Crippen LogP) is 8.34. The number of thiazole rings is 1. The molecule has 4 aliphatic heterocycles. The number of para-hydroxylation sites is 1. The minimum atomic E-state index is -1.10. The summed E-state index contributed by atoms with van der Waals surface area (Å²) in [5.41, 5.74) is 8.82. The van der Waals surface area contributed by atoms with Crippen LogP contribution in [0.4, 0.5) is 22.3 Å². The summed E-state index contributed by atoms with van der Waals surface area (Å²) in [6.45, 7) is 11.9. The Morgan fingerprint density at radius 2 is 1.61 bits per heavy atom. The Morgan fingerprint density at radius 1 is 0.840 bits per heavy atom. The number of amides is 3. The third-order valence-electron chi connectivity index (χ3n) is 16.5. The number of rotatable bonds is 15. The highest BCUT2D eigenvalue weighted by atomic mass is 32.1. The average molecular weight is 1030 g/mol. The number of hydrogen-bond acceptors (Lipinski definition) is 14. The van der Waals surface area contributed by atoms with Crippen molar-refractivity contribution in [3.05, 3.63) is 125 Å². The molecule has 1 aliphatic carbocycles. The summed E-state index contributed by atoms with van der Waals surface area (Å²) in [6, 6.07) is 29.2. The maximum absolute atomic E-state index is 13.7. The van der Waals surface area contributed by atoms with Gasteiger partial charge in [0.05, 0.1) is 28.5 Å². The summed E-state index contributed by atoms with van der Waals surface area (Å²) < 4.78 is 7.53. The van der Waals surface area contributed by atoms with Crippen molar-refractivity contribution in [3.8, 4) is 16.9 Å². The first-order valence-electron chi connectivity index (χ1n) is 26.3. The van der Waals surface area contributed by atoms with Crippen LogP contribution in [0.5, 0.6) is 5.75 Å². The van der Waals surface area contributed by atoms with Gasteiger partial charge in [0.15, 0.2) is 10.8 Å². The molecule has 2 aromatic heterocycles. The van der Waals surface area contributed by atoms with Gasteiger partial charge < -0.3 is 35.3 Å². The van der Waals surface area contributed by atoms with E-state index in [4.69, 9.17) is 15.1 Å². The number of piperazine rings is 1. The molecule has 3 amide bonds. The fourth-order valence-corrected chi connectivity index (χ4v) is 13.0. The number of aromatic nitrogens is 2. The smallest absolute Gasteiger partial charge is 0.355 e. The van der Waals surface area contributed by atoms with Crippen LogP contribution in [0.25, 0.3) is 21.3 Å². The number of nitrogens with zero attached hydrogens (tertiary/aromatic N) is 6. The van der Waals surface area contributed by atoms with E-state index in [-0.39, 0.29) is 35.5 Å². The van der Waals surface area contributed by atoms with Crippen LogP contribution in [0, 0.1) is 29.6 Å². The minimum Gasteiger partial charge on any atom is -0.493 e. The van der Waals surface area contributed by atoms with Crippen molar-refractivity contribution in [2.75, 3.05) is 93.0 Å². The molecule has 4 fully saturated rings. The van der Waals surface area contributed by atoms with Crippen LogP contribution in [-0.2, 0) is 22.6 Å². The fraction of sp³-hybridized carbons (Fsp3) is 0.397. The summed E-state index contributed by atoms with van der Waals surface area (Å²) >= 11 is 1.44. The number of ether oxygens (including phenoxy) is 1. The molecule has 1 unspecified atom stereocenters. The number of fused-ring (bicyclic) bond motifs is 2. The maximum atomic E-state index is 13.7. The molecule has 1 saturated carbocycles. The number of pyridine rings is 1. The van der Waals surface area contributed by atoms with Crippen molar-refractivity contribution in [2.24, 2.45) is 17.3 Å². The second-order valence-corrected chi connectivity index (χ2v) is 22.0. The molecule has 6 heterocycles. The Bertz CT molecular complexity index is 3160. The van der Waals surface area contributed by atoms with E-state index in [0.717, 1.165) is 102 Å². The Balaban J connectivity index is 0.642. The van der Waals surface area contributed by atoms with E-state index >= 15 is 0 Å². The van der Waals surface area contributed by atoms with Gasteiger partial charge in [-0.3, -0.25) is 29.9 Å². The normalized spacial score (nSPS) is 19.1. The molecule has 4 aromatic carbocycles. The largest absolute Gasteiger partial charge is 0.493 e. The van der Waals surface area contributed by atoms with Crippen molar-refractivity contribution in [2.45, 2.75) is 58.4 Å². The summed E-state index contributed by atoms with van der Waals surface area (Å²) in [4.78, 5) is 69.7. The molecule has 3 saturated heterocycles. The monoisotopic (exact) mass is 1030 g/mol. The third-order valence-corrected chi connectivity index (χ3v) is 17.4. The van der Waals surface area contributed by atoms with E-state index in [9.17, 15) is 24.3 Å². The zero-order valence-corrected chi connectivity index (χ0v) is 43.4. The molecular weight excluding hydrogens is 965 g/mol. The van der Waals surface area contributed by atoms with Crippen molar-refractivity contribution in [1.82, 2.24) is 25.1 Å². The number of carboxylic acid groups (broad SMARTS) is 1. The molecule has 388 valence electrons. The van der Waals surface area contributed by atoms with Gasteiger partial charge in [0.1, 0.15) is 11.6 Å². The summed E-state index contributed by atoms with van der Waals surface area (Å²) in [7, 11) is 1.84. The van der Waals surface area contributed by atoms with Gasteiger partial charge in [0.2, 0.25) is 11.8 Å². The second-order valence-electron chi connectivity index (χ2n) is 21.0. The Kier molecular flexibility index (Phi) is 14.1. The van der Waals surface area contributed by atoms with Gasteiger partial charge in [-0.1, -0.05) is 47.7 Å². The zero-order chi connectivity index (χ0) is 51.8. The Morgan fingerprint density at radius 3 is 2.37 bits per heavy atom. The molecule has 0 radical (unpaired) electrons. The molecule has 0 bridgehead atoms. The van der Waals surface area contributed by atoms with E-state index in [2.05, 4.69) is 41.7 Å². The number of anilines is 4. The van der Waals surface area contributed by atoms with Gasteiger partial charge in [-0.2, -0.15) is 0 Å². The molecule has 5 aliphatic rings. The number of carbonyl (C=O) groups excluding carboxylic acids is 3. The van der Waals surface area contributed by atoms with E-state index < -0.39 is 11.9 Å². The molecule has 16 nitrogen and oxygen atoms in total. The number of hydrogen-bond donors (Lipinski definition) is 5. The van der Waals surface area contributed by atoms with E-state index in [1.54, 1.807) is 0 Å². The standard InChI is InChI=1S/C58H64N10O6S/c1-36-40(41-15-17-50(62-53(41)56(72)73)68-22-19-38-7-5-9-42(45(38)34-68)54(70)64-57-61-46-10-3-4-12-49(46)75-57)8-6-11-48(36)74-35-37-32-58(33-37)20-23-65(24-21-58)25-26-66-27-29-67(30-28-66)39-13-14-43(47(31-39)60-2)52(59)44-16-18-51(69)63-55(44)71/h3-15,17,31,37,44,59-60H,16,18-30,32-35H2,1-2H3,(H,72,73)(H,61,64,70)(H,63,69,71). The lowest BCUT2D eigenvalue weighted by molar-refractivity contribution is -0.134. The zero-order valence-electron chi connectivity index (χ0n) is 42.6. The third kappa shape index (κ3) is 10.5. The van der Waals surface area contributed by atoms with Crippen LogP contribution in [-0.4, -0.2) is 127 Å². The Hall–Kier alpha value is -7.21. The first-order valence-corrected chi connectivity index (χ1v) is 27.2. The van der Waals surface area contributed by atoms with Gasteiger partial charge in [0, 0.05) is 93.9 Å². The van der Waals surface area contributed by atoms with Gasteiger partial charge in [-0.15, -0.1) is 0 Å². The molecule has 6 aromatic rings. The molecule has 11 rings (SSSR count). The molecule has 75 heavy (non-hydrogen) atoms. The first kappa shape index (κ1) is 50.0. The van der Waals surface area contributed by atoms with E-state index in [1.807, 2.05) is 104 Å². The molecule has 1 atom stereocenters. The number of benzene rings is 4. The minimum absolute atomic E-state index is 0.0215. The number of likely N-dealkylation sites (tertiary alicyclic amines) is 1. The average Bonchev–Trinajstić information content (AvgIpc) is 3.84. The summed E-state index contributed by atoms with van der Waals surface area (Å²) in [6.07, 6.45) is 6.06. The van der Waals surface area contributed by atoms with Gasteiger partial charge >= 0.3 is 5.97 Å². The van der Waals surface area contributed by atoms with Crippen LogP contribution in [0.1, 0.15) is 81.6 Å². The Labute approximate surface area is 441 Å². The number of imide groups is 1. The lowest BCUT2D eigenvalue weighted by Gasteiger charge is -2.52. The summed E-state index contributed by atoms with van der Waals surface area (Å²) in [5, 5.41) is 28.5. The van der Waals surface area contributed by atoms with Crippen molar-refractivity contribution < 1.29 is 29.0 Å². The molecule has 17 heteroatoms. The van der Waals surface area contributed by atoms with Crippen molar-refractivity contribution in [3.63, 3.8) is 0 Å². The highest BCUT2D eigenvalue weighted by Crippen LogP contribution is 2.53. The van der Waals surface area contributed by atoms with Crippen LogP contribution in [0.15, 0.2) is 91.0 Å². The predicted molar refractivity (Wildman–Crippen MR) is 294 cm³/mol. The van der Waals surface area contributed by atoms with Crippen molar-refractivity contribution in [1.29, 1.82) is 5.41 Å². The van der Waals surface area contributed by atoms with Crippen LogP contribution < -0.4 is 30.5 Å². The lowest BCUT2D eigenvalue weighted by atomic mass is 9.58. The van der Waals surface area contributed by atoms with Crippen LogP contribution in [0.2, 0.25) is 0 Å². The molecule has 5 N–H and O–H groups in total. The second kappa shape index (κ2) is 21.2. The number of carbonyl (C=O) groups is 4. The van der Waals surface area contributed by atoms with Crippen molar-refractivity contribution >= 4 is 73.3 Å².